The smallest absolute Gasteiger partial charge is 0.242 e. The van der Waals surface area contributed by atoms with Gasteiger partial charge in [-0.2, -0.15) is 0 Å². The highest BCUT2D eigenvalue weighted by Gasteiger charge is 2.38. The van der Waals surface area contributed by atoms with Gasteiger partial charge in [-0.25, -0.2) is 12.7 Å². The topological polar surface area (TPSA) is 75.4 Å². The minimum absolute atomic E-state index is 0.0748. The summed E-state index contributed by atoms with van der Waals surface area (Å²) in [7, 11) is -0.397. The fourth-order valence-electron chi connectivity index (χ4n) is 2.27. The lowest BCUT2D eigenvalue weighted by Crippen LogP contribution is -2.33. The first-order chi connectivity index (χ1) is 9.14. The summed E-state index contributed by atoms with van der Waals surface area (Å²) in [4.78, 5) is 0.255. The van der Waals surface area contributed by atoms with Crippen molar-refractivity contribution in [2.75, 3.05) is 25.1 Å². The number of nitrogens with zero attached hydrogens (tertiary/aromatic N) is 1. The molecule has 0 bridgehead atoms. The van der Waals surface area contributed by atoms with Gasteiger partial charge in [-0.15, -0.1) is 0 Å². The Morgan fingerprint density at radius 2 is 1.90 bits per heavy atom. The van der Waals surface area contributed by atoms with Crippen molar-refractivity contribution in [2.45, 2.75) is 37.1 Å². The van der Waals surface area contributed by atoms with Crippen LogP contribution in [0.1, 0.15) is 26.7 Å². The fraction of sp³-hybridized carbons (Fsp3) is 0.571. The molecule has 0 radical (unpaired) electrons. The summed E-state index contributed by atoms with van der Waals surface area (Å²) in [5.74, 6) is 0.621. The van der Waals surface area contributed by atoms with Gasteiger partial charge in [-0.1, -0.05) is 0 Å². The minimum atomic E-state index is -3.44. The predicted octanol–water partition coefficient (Wildman–Crippen LogP) is 2.12. The first-order valence-corrected chi connectivity index (χ1v) is 8.19. The quantitative estimate of drug-likeness (QED) is 0.816. The number of nitrogen functional groups attached to an aromatic ring is 1. The number of benzene rings is 1. The Labute approximate surface area is 121 Å². The fourth-order valence-corrected chi connectivity index (χ4v) is 3.20. The third-order valence-corrected chi connectivity index (χ3v) is 5.67. The van der Waals surface area contributed by atoms with Crippen LogP contribution in [-0.2, 0) is 10.0 Å². The van der Waals surface area contributed by atoms with Crippen molar-refractivity contribution >= 4 is 21.4 Å². The van der Waals surface area contributed by atoms with E-state index in [1.807, 2.05) is 0 Å². The van der Waals surface area contributed by atoms with E-state index in [9.17, 15) is 8.42 Å². The normalized spacial score (nSPS) is 16.4. The van der Waals surface area contributed by atoms with Crippen LogP contribution in [0.25, 0.3) is 0 Å². The van der Waals surface area contributed by atoms with Crippen molar-refractivity contribution in [3.05, 3.63) is 18.2 Å². The van der Waals surface area contributed by atoms with Gasteiger partial charge in [0.05, 0.1) is 16.3 Å². The molecule has 1 aromatic rings. The Hall–Kier alpha value is -1.27. The lowest BCUT2D eigenvalue weighted by Gasteiger charge is -2.28. The molecule has 1 aromatic carbocycles. The van der Waals surface area contributed by atoms with E-state index in [0.717, 1.165) is 0 Å². The Morgan fingerprint density at radius 1 is 1.30 bits per heavy atom. The number of hydrogen-bond acceptors (Lipinski definition) is 4. The van der Waals surface area contributed by atoms with Crippen LogP contribution in [-0.4, -0.2) is 32.4 Å². The zero-order chi connectivity index (χ0) is 15.1. The van der Waals surface area contributed by atoms with Gasteiger partial charge in [-0.3, -0.25) is 0 Å². The summed E-state index contributed by atoms with van der Waals surface area (Å²) in [5.41, 5.74) is 7.14. The zero-order valence-corrected chi connectivity index (χ0v) is 13.3. The molecule has 20 heavy (non-hydrogen) atoms. The second-order valence-electron chi connectivity index (χ2n) is 6.16. The van der Waals surface area contributed by atoms with Gasteiger partial charge in [-0.05, 0) is 50.8 Å². The maximum Gasteiger partial charge on any atom is 0.242 e. The zero-order valence-electron chi connectivity index (χ0n) is 12.5. The van der Waals surface area contributed by atoms with E-state index >= 15 is 0 Å². The van der Waals surface area contributed by atoms with Gasteiger partial charge in [0.2, 0.25) is 10.0 Å². The van der Waals surface area contributed by atoms with Crippen molar-refractivity contribution < 1.29 is 8.42 Å². The molecule has 0 amide bonds. The molecule has 0 aromatic heterocycles. The van der Waals surface area contributed by atoms with Crippen LogP contribution in [0, 0.1) is 5.92 Å². The van der Waals surface area contributed by atoms with Crippen molar-refractivity contribution in [1.29, 1.82) is 0 Å². The third kappa shape index (κ3) is 2.91. The molecule has 1 fully saturated rings. The Balaban J connectivity index is 2.34. The molecule has 6 heteroatoms. The lowest BCUT2D eigenvalue weighted by atomic mass is 9.98. The number of anilines is 2. The standard InChI is InChI=1S/C14H23N3O2S/c1-14(2,10-5-6-10)16-13-9-11(7-8-12(13)15)20(18,19)17(3)4/h7-10,16H,5-6,15H2,1-4H3. The van der Waals surface area contributed by atoms with E-state index < -0.39 is 10.0 Å². The van der Waals surface area contributed by atoms with Gasteiger partial charge < -0.3 is 11.1 Å². The average molecular weight is 297 g/mol. The first-order valence-electron chi connectivity index (χ1n) is 6.75. The van der Waals surface area contributed by atoms with Gasteiger partial charge in [0, 0.05) is 19.6 Å². The molecule has 0 heterocycles. The van der Waals surface area contributed by atoms with E-state index in [1.54, 1.807) is 18.2 Å². The van der Waals surface area contributed by atoms with E-state index in [1.165, 1.54) is 31.2 Å². The average Bonchev–Trinajstić information content (AvgIpc) is 3.15. The molecule has 0 aliphatic heterocycles. The third-order valence-electron chi connectivity index (χ3n) is 3.86. The Morgan fingerprint density at radius 3 is 2.40 bits per heavy atom. The molecule has 5 nitrogen and oxygen atoms in total. The van der Waals surface area contributed by atoms with Crippen LogP contribution in [0.4, 0.5) is 11.4 Å². The first kappa shape index (κ1) is 15.1. The molecule has 0 saturated heterocycles. The number of nitrogens with one attached hydrogen (secondary N) is 1. The van der Waals surface area contributed by atoms with Gasteiger partial charge in [0.1, 0.15) is 0 Å². The summed E-state index contributed by atoms with van der Waals surface area (Å²) in [6, 6.07) is 4.80. The molecule has 1 aliphatic rings. The van der Waals surface area contributed by atoms with Crippen LogP contribution in [0.2, 0.25) is 0 Å². The second kappa shape index (κ2) is 4.93. The van der Waals surface area contributed by atoms with E-state index in [-0.39, 0.29) is 10.4 Å². The Bertz CT molecular complexity index is 605. The second-order valence-corrected chi connectivity index (χ2v) is 8.31. The largest absolute Gasteiger partial charge is 0.397 e. The van der Waals surface area contributed by atoms with Crippen LogP contribution in [0.15, 0.2) is 23.1 Å². The molecule has 1 aliphatic carbocycles. The molecule has 2 rings (SSSR count). The predicted molar refractivity (Wildman–Crippen MR) is 82.2 cm³/mol. The van der Waals surface area contributed by atoms with E-state index in [4.69, 9.17) is 5.73 Å². The SMILES string of the molecule is CN(C)S(=O)(=O)c1ccc(N)c(NC(C)(C)C2CC2)c1. The van der Waals surface area contributed by atoms with Crippen molar-refractivity contribution in [2.24, 2.45) is 5.92 Å². The van der Waals surface area contributed by atoms with Crippen molar-refractivity contribution in [3.8, 4) is 0 Å². The summed E-state index contributed by atoms with van der Waals surface area (Å²) in [6.45, 7) is 4.24. The van der Waals surface area contributed by atoms with Crippen LogP contribution < -0.4 is 11.1 Å². The lowest BCUT2D eigenvalue weighted by molar-refractivity contribution is 0.494. The van der Waals surface area contributed by atoms with E-state index in [2.05, 4.69) is 19.2 Å². The summed E-state index contributed by atoms with van der Waals surface area (Å²) in [6.07, 6.45) is 2.41. The maximum atomic E-state index is 12.2. The van der Waals surface area contributed by atoms with Crippen LogP contribution in [0.3, 0.4) is 0 Å². The molecule has 0 atom stereocenters. The number of hydrogen-bond donors (Lipinski definition) is 2. The molecule has 0 unspecified atom stereocenters. The van der Waals surface area contributed by atoms with Crippen molar-refractivity contribution in [1.82, 2.24) is 4.31 Å². The summed E-state index contributed by atoms with van der Waals surface area (Å²) >= 11 is 0. The van der Waals surface area contributed by atoms with Crippen LogP contribution in [0.5, 0.6) is 0 Å². The molecule has 1 saturated carbocycles. The van der Waals surface area contributed by atoms with Gasteiger partial charge in [0.25, 0.3) is 0 Å². The minimum Gasteiger partial charge on any atom is -0.397 e. The molecule has 3 N–H and O–H groups in total. The number of nitrogens with two attached hydrogens (primary N) is 1. The summed E-state index contributed by atoms with van der Waals surface area (Å²) < 4.78 is 25.5. The van der Waals surface area contributed by atoms with Crippen LogP contribution >= 0.6 is 0 Å². The highest BCUT2D eigenvalue weighted by molar-refractivity contribution is 7.89. The van der Waals surface area contributed by atoms with Gasteiger partial charge >= 0.3 is 0 Å². The van der Waals surface area contributed by atoms with Crippen molar-refractivity contribution in [3.63, 3.8) is 0 Å². The van der Waals surface area contributed by atoms with Gasteiger partial charge in [0.15, 0.2) is 0 Å². The number of sulfonamides is 1. The highest BCUT2D eigenvalue weighted by atomic mass is 32.2. The monoisotopic (exact) mass is 297 g/mol. The maximum absolute atomic E-state index is 12.2. The Kier molecular flexibility index (Phi) is 3.73. The highest BCUT2D eigenvalue weighted by Crippen LogP contribution is 2.42. The molecule has 112 valence electrons. The number of rotatable bonds is 5. The molecule has 0 spiro atoms. The molecular formula is C14H23N3O2S. The summed E-state index contributed by atoms with van der Waals surface area (Å²) in [5, 5.41) is 3.39. The van der Waals surface area contributed by atoms with E-state index in [0.29, 0.717) is 17.3 Å². The molecular weight excluding hydrogens is 274 g/mol.